The Bertz CT molecular complexity index is 1700. The van der Waals surface area contributed by atoms with Gasteiger partial charge in [0, 0.05) is 37.8 Å². The number of rotatable bonds is 2. The minimum Gasteiger partial charge on any atom is -0.201 e. The summed E-state index contributed by atoms with van der Waals surface area (Å²) in [7, 11) is 2.07. The summed E-state index contributed by atoms with van der Waals surface area (Å²) >= 11 is 1.78. The van der Waals surface area contributed by atoms with Gasteiger partial charge in [0.1, 0.15) is 7.05 Å². The lowest BCUT2D eigenvalue weighted by Gasteiger charge is -2.14. The maximum absolute atomic E-state index is 8.83. The normalized spacial score (nSPS) is 19.9. The fraction of sp³-hybridized carbons (Fsp3) is 0.233. The minimum atomic E-state index is -1.78. The summed E-state index contributed by atoms with van der Waals surface area (Å²) in [5.74, 6) is 0. The topological polar surface area (TPSA) is 3.88 Å². The molecule has 6 rings (SSSR count). The highest BCUT2D eigenvalue weighted by Crippen LogP contribution is 2.45. The Hall–Kier alpha value is -2.97. The smallest absolute Gasteiger partial charge is 0.201 e. The van der Waals surface area contributed by atoms with Gasteiger partial charge < -0.3 is 0 Å². The van der Waals surface area contributed by atoms with Gasteiger partial charge in [0.25, 0.3) is 0 Å². The maximum atomic E-state index is 8.83. The maximum Gasteiger partial charge on any atom is 0.213 e. The first-order valence-corrected chi connectivity index (χ1v) is 11.8. The van der Waals surface area contributed by atoms with E-state index in [0.29, 0.717) is 11.1 Å². The molecule has 0 aliphatic heterocycles. The summed E-state index contributed by atoms with van der Waals surface area (Å²) in [6.45, 7) is 5.53. The van der Waals surface area contributed by atoms with Gasteiger partial charge >= 0.3 is 0 Å². The van der Waals surface area contributed by atoms with Crippen LogP contribution >= 0.6 is 11.3 Å². The Kier molecular flexibility index (Phi) is 3.46. The van der Waals surface area contributed by atoms with E-state index in [1.54, 1.807) is 31.3 Å². The van der Waals surface area contributed by atoms with E-state index >= 15 is 0 Å². The van der Waals surface area contributed by atoms with Gasteiger partial charge in [-0.2, -0.15) is 0 Å². The van der Waals surface area contributed by atoms with Gasteiger partial charge in [0.15, 0.2) is 6.20 Å². The van der Waals surface area contributed by atoms with E-state index in [4.69, 9.17) is 5.48 Å². The second-order valence-electron chi connectivity index (χ2n) is 9.25. The van der Waals surface area contributed by atoms with Crippen LogP contribution in [0.15, 0.2) is 72.9 Å². The first-order chi connectivity index (χ1) is 17.0. The third kappa shape index (κ3) is 3.01. The Morgan fingerprint density at radius 1 is 0.875 bits per heavy atom. The Morgan fingerprint density at radius 2 is 1.69 bits per heavy atom. The van der Waals surface area contributed by atoms with Crippen LogP contribution in [0.25, 0.3) is 42.6 Å². The molecule has 2 heterocycles. The number of aryl methyl sites for hydroxylation is 2. The molecule has 0 unspecified atom stereocenters. The van der Waals surface area contributed by atoms with Crippen molar-refractivity contribution in [2.45, 2.75) is 33.5 Å². The van der Waals surface area contributed by atoms with E-state index < -0.39 is 18.2 Å². The molecule has 0 atom stereocenters. The zero-order valence-corrected chi connectivity index (χ0v) is 19.6. The number of hydrogen-bond acceptors (Lipinski definition) is 1. The summed E-state index contributed by atoms with van der Waals surface area (Å²) in [4.78, 5) is 0. The molecule has 1 nitrogen and oxygen atoms in total. The summed E-state index contributed by atoms with van der Waals surface area (Å²) in [6.07, 6.45) is -1.45. The standard InChI is InChI=1S/C30H28NS/c1-19-11-14-25-24-9-7-8-23(20-12-13-21-17-30(2,3)18-22(21)16-20)28(24)32-29(25)27(19)26-10-5-6-15-31(26)4/h5-16H,17-18H2,1-4H3/q+1/i17D2,18D2. The van der Waals surface area contributed by atoms with E-state index in [1.807, 2.05) is 18.2 Å². The highest BCUT2D eigenvalue weighted by Gasteiger charge is 2.28. The first-order valence-electron chi connectivity index (χ1n) is 13.0. The third-order valence-electron chi connectivity index (χ3n) is 6.41. The quantitative estimate of drug-likeness (QED) is 0.249. The van der Waals surface area contributed by atoms with Crippen LogP contribution < -0.4 is 4.57 Å². The summed E-state index contributed by atoms with van der Waals surface area (Å²) in [5, 5.41) is 2.40. The van der Waals surface area contributed by atoms with Gasteiger partial charge in [0.05, 0.1) is 5.56 Å². The van der Waals surface area contributed by atoms with Gasteiger partial charge in [-0.1, -0.05) is 62.4 Å². The van der Waals surface area contributed by atoms with Gasteiger partial charge in [0.2, 0.25) is 5.69 Å². The average molecular weight is 439 g/mol. The fourth-order valence-electron chi connectivity index (χ4n) is 4.92. The van der Waals surface area contributed by atoms with Crippen LogP contribution in [-0.2, 0) is 19.8 Å². The number of hydrogen-bond donors (Lipinski definition) is 0. The molecule has 0 fully saturated rings. The molecule has 3 aromatic carbocycles. The van der Waals surface area contributed by atoms with Crippen LogP contribution in [0.5, 0.6) is 0 Å². The van der Waals surface area contributed by atoms with Gasteiger partial charge in [-0.05, 0) is 59.0 Å². The molecule has 1 aliphatic carbocycles. The van der Waals surface area contributed by atoms with Crippen molar-refractivity contribution in [3.8, 4) is 22.4 Å². The van der Waals surface area contributed by atoms with Crippen molar-refractivity contribution in [1.29, 1.82) is 0 Å². The predicted molar refractivity (Wildman–Crippen MR) is 137 cm³/mol. The van der Waals surface area contributed by atoms with Crippen molar-refractivity contribution >= 4 is 31.5 Å². The van der Waals surface area contributed by atoms with Crippen molar-refractivity contribution in [2.24, 2.45) is 12.5 Å². The molecule has 0 N–H and O–H groups in total. The largest absolute Gasteiger partial charge is 0.213 e. The summed E-state index contributed by atoms with van der Waals surface area (Å²) in [5.41, 5.74) is 5.37. The van der Waals surface area contributed by atoms with Crippen LogP contribution in [0.2, 0.25) is 0 Å². The number of nitrogens with zero attached hydrogens (tertiary/aromatic N) is 1. The molecule has 0 amide bonds. The van der Waals surface area contributed by atoms with Crippen molar-refractivity contribution in [3.63, 3.8) is 0 Å². The molecule has 1 aliphatic rings. The Balaban J connectivity index is 1.62. The van der Waals surface area contributed by atoms with Crippen molar-refractivity contribution in [2.75, 3.05) is 0 Å². The minimum absolute atomic E-state index is 0.458. The van der Waals surface area contributed by atoms with Crippen LogP contribution in [-0.4, -0.2) is 0 Å². The number of thiophene rings is 1. The van der Waals surface area contributed by atoms with Gasteiger partial charge in [-0.15, -0.1) is 11.3 Å². The van der Waals surface area contributed by atoms with E-state index in [1.165, 1.54) is 37.0 Å². The molecular formula is C30H28NS+. The van der Waals surface area contributed by atoms with Crippen LogP contribution in [0.3, 0.4) is 0 Å². The lowest BCUT2D eigenvalue weighted by atomic mass is 9.90. The number of aromatic nitrogens is 1. The van der Waals surface area contributed by atoms with Gasteiger partial charge in [-0.25, -0.2) is 4.57 Å². The highest BCUT2D eigenvalue weighted by atomic mass is 32.1. The molecule has 0 radical (unpaired) electrons. The Labute approximate surface area is 199 Å². The first kappa shape index (κ1) is 15.8. The highest BCUT2D eigenvalue weighted by molar-refractivity contribution is 7.26. The summed E-state index contributed by atoms with van der Waals surface area (Å²) < 4.78 is 39.6. The molecular weight excluding hydrogens is 406 g/mol. The molecule has 0 saturated carbocycles. The number of fused-ring (bicyclic) bond motifs is 4. The predicted octanol–water partition coefficient (Wildman–Crippen LogP) is 7.65. The SMILES string of the molecule is [2H]C1([2H])c2ccc(-c3cccc4c3sc3c(-c5cccc[n+]5C)c(C)ccc34)cc2C([2H])([2H])C1(C)C. The number of benzene rings is 3. The molecule has 2 aromatic heterocycles. The Morgan fingerprint density at radius 3 is 2.53 bits per heavy atom. The molecule has 158 valence electrons. The zero-order valence-electron chi connectivity index (χ0n) is 22.8. The second kappa shape index (κ2) is 7.02. The van der Waals surface area contributed by atoms with Crippen molar-refractivity contribution in [1.82, 2.24) is 0 Å². The van der Waals surface area contributed by atoms with E-state index in [-0.39, 0.29) is 0 Å². The molecule has 32 heavy (non-hydrogen) atoms. The molecule has 0 spiro atoms. The van der Waals surface area contributed by atoms with Crippen LogP contribution in [0.1, 0.15) is 36.0 Å². The fourth-order valence-corrected chi connectivity index (χ4v) is 6.36. The number of pyridine rings is 1. The van der Waals surface area contributed by atoms with Crippen molar-refractivity contribution in [3.05, 3.63) is 89.6 Å². The average Bonchev–Trinajstić information content (AvgIpc) is 3.26. The summed E-state index contributed by atoms with van der Waals surface area (Å²) in [6, 6.07) is 22.6. The third-order valence-corrected chi connectivity index (χ3v) is 7.68. The van der Waals surface area contributed by atoms with Crippen molar-refractivity contribution < 1.29 is 10.1 Å². The molecule has 0 bridgehead atoms. The second-order valence-corrected chi connectivity index (χ2v) is 10.3. The molecule has 5 aromatic rings. The van der Waals surface area contributed by atoms with Gasteiger partial charge in [-0.3, -0.25) is 0 Å². The van der Waals surface area contributed by atoms with E-state index in [9.17, 15) is 0 Å². The monoisotopic (exact) mass is 438 g/mol. The van der Waals surface area contributed by atoms with Crippen LogP contribution in [0, 0.1) is 12.3 Å². The molecule has 2 heteroatoms. The lowest BCUT2D eigenvalue weighted by Crippen LogP contribution is -2.30. The lowest BCUT2D eigenvalue weighted by molar-refractivity contribution is -0.660. The molecule has 0 saturated heterocycles. The van der Waals surface area contributed by atoms with E-state index in [0.717, 1.165) is 11.1 Å². The van der Waals surface area contributed by atoms with E-state index in [2.05, 4.69) is 67.2 Å². The van der Waals surface area contributed by atoms with Crippen LogP contribution in [0.4, 0.5) is 0 Å². The zero-order chi connectivity index (χ0) is 25.6.